The van der Waals surface area contributed by atoms with Crippen molar-refractivity contribution in [3.8, 4) is 0 Å². The van der Waals surface area contributed by atoms with Crippen LogP contribution in [0, 0.1) is 0 Å². The SMILES string of the molecule is O=C(CNc1ccccc1)NCCc1ncno1. The minimum atomic E-state index is -0.0710. The smallest absolute Gasteiger partial charge is 0.239 e. The topological polar surface area (TPSA) is 80.0 Å². The zero-order chi connectivity index (χ0) is 12.6. The fourth-order valence-corrected chi connectivity index (χ4v) is 1.42. The molecule has 94 valence electrons. The Labute approximate surface area is 104 Å². The van der Waals surface area contributed by atoms with Crippen LogP contribution in [-0.4, -0.2) is 29.1 Å². The molecule has 1 aromatic carbocycles. The number of hydrogen-bond acceptors (Lipinski definition) is 5. The van der Waals surface area contributed by atoms with Gasteiger partial charge in [0.05, 0.1) is 6.54 Å². The molecule has 0 atom stereocenters. The second-order valence-corrected chi connectivity index (χ2v) is 3.65. The first kappa shape index (κ1) is 12.1. The Kier molecular flexibility index (Phi) is 4.29. The van der Waals surface area contributed by atoms with Gasteiger partial charge < -0.3 is 15.2 Å². The van der Waals surface area contributed by atoms with Crippen LogP contribution in [0.2, 0.25) is 0 Å². The first-order valence-electron chi connectivity index (χ1n) is 5.66. The molecule has 2 aromatic rings. The predicted molar refractivity (Wildman–Crippen MR) is 65.9 cm³/mol. The van der Waals surface area contributed by atoms with Gasteiger partial charge in [0.1, 0.15) is 0 Å². The summed E-state index contributed by atoms with van der Waals surface area (Å²) >= 11 is 0. The maximum atomic E-state index is 11.5. The number of aromatic nitrogens is 2. The molecule has 0 fully saturated rings. The molecule has 0 aliphatic carbocycles. The molecule has 0 radical (unpaired) electrons. The van der Waals surface area contributed by atoms with Crippen molar-refractivity contribution in [2.75, 3.05) is 18.4 Å². The highest BCUT2D eigenvalue weighted by Gasteiger charge is 2.02. The molecule has 6 nitrogen and oxygen atoms in total. The Morgan fingerprint density at radius 3 is 2.83 bits per heavy atom. The summed E-state index contributed by atoms with van der Waals surface area (Å²) in [5.41, 5.74) is 0.921. The van der Waals surface area contributed by atoms with Crippen molar-refractivity contribution in [1.29, 1.82) is 0 Å². The van der Waals surface area contributed by atoms with Crippen molar-refractivity contribution in [3.63, 3.8) is 0 Å². The van der Waals surface area contributed by atoms with Crippen LogP contribution in [0.15, 0.2) is 41.2 Å². The lowest BCUT2D eigenvalue weighted by Gasteiger charge is -2.06. The highest BCUT2D eigenvalue weighted by molar-refractivity contribution is 5.80. The molecule has 0 saturated heterocycles. The molecule has 1 heterocycles. The van der Waals surface area contributed by atoms with Gasteiger partial charge in [-0.25, -0.2) is 0 Å². The quantitative estimate of drug-likeness (QED) is 0.789. The summed E-state index contributed by atoms with van der Waals surface area (Å²) in [5, 5.41) is 9.27. The van der Waals surface area contributed by atoms with E-state index in [9.17, 15) is 4.79 Å². The average molecular weight is 246 g/mol. The zero-order valence-electron chi connectivity index (χ0n) is 9.80. The van der Waals surface area contributed by atoms with E-state index in [4.69, 9.17) is 4.52 Å². The molecule has 0 aliphatic heterocycles. The molecule has 2 N–H and O–H groups in total. The zero-order valence-corrected chi connectivity index (χ0v) is 9.80. The fraction of sp³-hybridized carbons (Fsp3) is 0.250. The van der Waals surface area contributed by atoms with E-state index < -0.39 is 0 Å². The van der Waals surface area contributed by atoms with E-state index in [-0.39, 0.29) is 12.5 Å². The summed E-state index contributed by atoms with van der Waals surface area (Å²) in [6, 6.07) is 9.57. The number of carbonyl (C=O) groups is 1. The minimum Gasteiger partial charge on any atom is -0.376 e. The Hall–Kier alpha value is -2.37. The van der Waals surface area contributed by atoms with E-state index in [1.54, 1.807) is 0 Å². The summed E-state index contributed by atoms with van der Waals surface area (Å²) in [7, 11) is 0. The van der Waals surface area contributed by atoms with Crippen LogP contribution in [0.25, 0.3) is 0 Å². The number of para-hydroxylation sites is 1. The lowest BCUT2D eigenvalue weighted by Crippen LogP contribution is -2.31. The maximum absolute atomic E-state index is 11.5. The van der Waals surface area contributed by atoms with Gasteiger partial charge in [-0.15, -0.1) is 0 Å². The van der Waals surface area contributed by atoms with E-state index in [1.165, 1.54) is 6.33 Å². The van der Waals surface area contributed by atoms with Crippen molar-refractivity contribution < 1.29 is 9.32 Å². The van der Waals surface area contributed by atoms with Gasteiger partial charge in [0.25, 0.3) is 0 Å². The van der Waals surface area contributed by atoms with E-state index in [0.717, 1.165) is 5.69 Å². The molecule has 0 saturated carbocycles. The normalized spacial score (nSPS) is 10.0. The van der Waals surface area contributed by atoms with Crippen molar-refractivity contribution in [1.82, 2.24) is 15.5 Å². The van der Waals surface area contributed by atoms with Crippen LogP contribution in [-0.2, 0) is 11.2 Å². The van der Waals surface area contributed by atoms with E-state index in [2.05, 4.69) is 20.8 Å². The molecule has 1 aromatic heterocycles. The summed E-state index contributed by atoms with van der Waals surface area (Å²) in [6.45, 7) is 0.728. The molecule has 18 heavy (non-hydrogen) atoms. The van der Waals surface area contributed by atoms with Gasteiger partial charge in [-0.05, 0) is 12.1 Å². The molecule has 0 spiro atoms. The molecular weight excluding hydrogens is 232 g/mol. The third-order valence-electron chi connectivity index (χ3n) is 2.29. The lowest BCUT2D eigenvalue weighted by atomic mass is 10.3. The van der Waals surface area contributed by atoms with Gasteiger partial charge in [-0.2, -0.15) is 4.98 Å². The summed E-state index contributed by atoms with van der Waals surface area (Å²) in [6.07, 6.45) is 1.88. The summed E-state index contributed by atoms with van der Waals surface area (Å²) < 4.78 is 4.82. The Morgan fingerprint density at radius 1 is 1.28 bits per heavy atom. The summed E-state index contributed by atoms with van der Waals surface area (Å²) in [5.74, 6) is 0.449. The largest absolute Gasteiger partial charge is 0.376 e. The molecule has 0 bridgehead atoms. The first-order valence-corrected chi connectivity index (χ1v) is 5.66. The Morgan fingerprint density at radius 2 is 2.11 bits per heavy atom. The summed E-state index contributed by atoms with van der Waals surface area (Å²) in [4.78, 5) is 15.4. The maximum Gasteiger partial charge on any atom is 0.239 e. The molecule has 0 unspecified atom stereocenters. The lowest BCUT2D eigenvalue weighted by molar-refractivity contribution is -0.119. The molecule has 0 aliphatic rings. The van der Waals surface area contributed by atoms with Crippen molar-refractivity contribution in [3.05, 3.63) is 42.5 Å². The van der Waals surface area contributed by atoms with Crippen LogP contribution in [0.5, 0.6) is 0 Å². The van der Waals surface area contributed by atoms with Gasteiger partial charge in [0, 0.05) is 18.7 Å². The number of hydrogen-bond donors (Lipinski definition) is 2. The minimum absolute atomic E-state index is 0.0710. The number of amides is 1. The molecular formula is C12H14N4O2. The van der Waals surface area contributed by atoms with Crippen LogP contribution in [0.4, 0.5) is 5.69 Å². The second-order valence-electron chi connectivity index (χ2n) is 3.65. The third kappa shape index (κ3) is 3.89. The van der Waals surface area contributed by atoms with Crippen molar-refractivity contribution >= 4 is 11.6 Å². The second kappa shape index (κ2) is 6.39. The van der Waals surface area contributed by atoms with Crippen LogP contribution < -0.4 is 10.6 Å². The number of benzene rings is 1. The Bertz CT molecular complexity index is 470. The van der Waals surface area contributed by atoms with E-state index in [0.29, 0.717) is 18.9 Å². The van der Waals surface area contributed by atoms with Crippen LogP contribution in [0.1, 0.15) is 5.89 Å². The van der Waals surface area contributed by atoms with E-state index >= 15 is 0 Å². The van der Waals surface area contributed by atoms with Gasteiger partial charge in [0.2, 0.25) is 11.8 Å². The van der Waals surface area contributed by atoms with E-state index in [1.807, 2.05) is 30.3 Å². The van der Waals surface area contributed by atoms with Gasteiger partial charge in [-0.3, -0.25) is 4.79 Å². The fourth-order valence-electron chi connectivity index (χ4n) is 1.42. The number of carbonyl (C=O) groups excluding carboxylic acids is 1. The molecule has 2 rings (SSSR count). The first-order chi connectivity index (χ1) is 8.84. The number of nitrogens with zero attached hydrogens (tertiary/aromatic N) is 2. The third-order valence-corrected chi connectivity index (χ3v) is 2.29. The molecule has 6 heteroatoms. The highest BCUT2D eigenvalue weighted by Crippen LogP contribution is 2.03. The van der Waals surface area contributed by atoms with Crippen molar-refractivity contribution in [2.45, 2.75) is 6.42 Å². The average Bonchev–Trinajstić information content (AvgIpc) is 2.91. The Balaban J connectivity index is 1.63. The highest BCUT2D eigenvalue weighted by atomic mass is 16.5. The van der Waals surface area contributed by atoms with Gasteiger partial charge in [0.15, 0.2) is 6.33 Å². The van der Waals surface area contributed by atoms with Crippen LogP contribution in [0.3, 0.4) is 0 Å². The number of anilines is 1. The van der Waals surface area contributed by atoms with Gasteiger partial charge >= 0.3 is 0 Å². The standard InChI is InChI=1S/C12H14N4O2/c17-11(8-14-10-4-2-1-3-5-10)13-7-6-12-15-9-16-18-12/h1-5,9,14H,6-8H2,(H,13,17). The number of nitrogens with one attached hydrogen (secondary N) is 2. The van der Waals surface area contributed by atoms with Crippen molar-refractivity contribution in [2.24, 2.45) is 0 Å². The van der Waals surface area contributed by atoms with Gasteiger partial charge in [-0.1, -0.05) is 23.4 Å². The van der Waals surface area contributed by atoms with Crippen LogP contribution >= 0.6 is 0 Å². The predicted octanol–water partition coefficient (Wildman–Crippen LogP) is 0.840. The molecule has 1 amide bonds. The monoisotopic (exact) mass is 246 g/mol. The number of rotatable bonds is 6.